The third-order valence-corrected chi connectivity index (χ3v) is 8.16. The van der Waals surface area contributed by atoms with Crippen molar-refractivity contribution >= 4 is 35.6 Å². The van der Waals surface area contributed by atoms with Crippen LogP contribution in [0.3, 0.4) is 0 Å². The molecule has 0 bridgehead atoms. The Morgan fingerprint density at radius 1 is 0.667 bits per heavy atom. The van der Waals surface area contributed by atoms with Crippen LogP contribution in [-0.2, 0) is 6.16 Å². The van der Waals surface area contributed by atoms with Crippen LogP contribution in [0.4, 0.5) is 17.1 Å². The summed E-state index contributed by atoms with van der Waals surface area (Å²) in [6.45, 7) is 0.884. The van der Waals surface area contributed by atoms with Gasteiger partial charge in [-0.3, -0.25) is 0 Å². The molecule has 0 amide bonds. The zero-order chi connectivity index (χ0) is 20.3. The fourth-order valence-corrected chi connectivity index (χ4v) is 6.44. The van der Waals surface area contributed by atoms with E-state index in [0.717, 1.165) is 12.8 Å². The van der Waals surface area contributed by atoms with Crippen LogP contribution in [0.25, 0.3) is 0 Å². The van der Waals surface area contributed by atoms with E-state index >= 15 is 0 Å². The summed E-state index contributed by atoms with van der Waals surface area (Å²) in [4.78, 5) is 4.72. The SMILES string of the molecule is CN1CN(c2cccc(CP(c3ccccc3)c3ccccc3)c2)c2ccccc21. The minimum absolute atomic E-state index is 0.442. The van der Waals surface area contributed by atoms with Crippen molar-refractivity contribution in [1.82, 2.24) is 0 Å². The number of hydrogen-bond acceptors (Lipinski definition) is 2. The zero-order valence-electron chi connectivity index (χ0n) is 17.1. The summed E-state index contributed by atoms with van der Waals surface area (Å²) in [7, 11) is 1.72. The molecule has 0 atom stereocenters. The average Bonchev–Trinajstić information content (AvgIpc) is 3.16. The molecule has 0 spiro atoms. The van der Waals surface area contributed by atoms with E-state index in [-0.39, 0.29) is 0 Å². The van der Waals surface area contributed by atoms with Crippen molar-refractivity contribution in [1.29, 1.82) is 0 Å². The first-order valence-electron chi connectivity index (χ1n) is 10.3. The molecular weight excluding hydrogens is 383 g/mol. The van der Waals surface area contributed by atoms with Gasteiger partial charge in [0.05, 0.1) is 18.0 Å². The molecule has 0 aliphatic carbocycles. The van der Waals surface area contributed by atoms with Crippen molar-refractivity contribution in [2.75, 3.05) is 23.5 Å². The highest BCUT2D eigenvalue weighted by atomic mass is 31.1. The first kappa shape index (κ1) is 18.9. The second kappa shape index (κ2) is 8.34. The summed E-state index contributed by atoms with van der Waals surface area (Å²) < 4.78 is 0. The molecule has 2 nitrogen and oxygen atoms in total. The van der Waals surface area contributed by atoms with Gasteiger partial charge in [-0.2, -0.15) is 0 Å². The Labute approximate surface area is 180 Å². The quantitative estimate of drug-likeness (QED) is 0.381. The highest BCUT2D eigenvalue weighted by Gasteiger charge is 2.24. The third kappa shape index (κ3) is 3.72. The maximum absolute atomic E-state index is 2.41. The van der Waals surface area contributed by atoms with Crippen LogP contribution in [-0.4, -0.2) is 13.7 Å². The van der Waals surface area contributed by atoms with Gasteiger partial charge in [-0.1, -0.05) is 84.9 Å². The molecule has 1 aliphatic heterocycles. The lowest BCUT2D eigenvalue weighted by atomic mass is 10.2. The number of para-hydroxylation sites is 2. The van der Waals surface area contributed by atoms with Gasteiger partial charge in [0.2, 0.25) is 0 Å². The van der Waals surface area contributed by atoms with Gasteiger partial charge in [0.1, 0.15) is 0 Å². The van der Waals surface area contributed by atoms with Crippen molar-refractivity contribution < 1.29 is 0 Å². The molecule has 0 saturated carbocycles. The molecule has 0 fully saturated rings. The molecule has 0 saturated heterocycles. The first-order valence-corrected chi connectivity index (χ1v) is 11.9. The Hall–Kier alpha value is -3.09. The smallest absolute Gasteiger partial charge is 0.0950 e. The summed E-state index contributed by atoms with van der Waals surface area (Å²) in [6.07, 6.45) is 1.04. The standard InChI is InChI=1S/C27H25N2P/c1-28-21-29(27-18-9-8-17-26(27)28)23-12-10-11-22(19-23)20-30(24-13-4-2-5-14-24)25-15-6-3-7-16-25/h2-19H,20-21H2,1H3. The van der Waals surface area contributed by atoms with E-state index in [4.69, 9.17) is 0 Å². The Bertz CT molecular complexity index is 1090. The minimum atomic E-state index is -0.442. The molecule has 3 heteroatoms. The van der Waals surface area contributed by atoms with Gasteiger partial charge in [-0.15, -0.1) is 0 Å². The highest BCUT2D eigenvalue weighted by Crippen LogP contribution is 2.42. The number of benzene rings is 4. The largest absolute Gasteiger partial charge is 0.355 e. The maximum Gasteiger partial charge on any atom is 0.0950 e. The molecule has 5 rings (SSSR count). The number of anilines is 3. The van der Waals surface area contributed by atoms with Gasteiger partial charge in [0.25, 0.3) is 0 Å². The Kier molecular flexibility index (Phi) is 5.26. The van der Waals surface area contributed by atoms with Gasteiger partial charge in [-0.05, 0) is 48.4 Å². The van der Waals surface area contributed by atoms with E-state index < -0.39 is 7.92 Å². The lowest BCUT2D eigenvalue weighted by Gasteiger charge is -2.22. The fourth-order valence-electron chi connectivity index (χ4n) is 4.15. The third-order valence-electron chi connectivity index (χ3n) is 5.64. The van der Waals surface area contributed by atoms with Crippen molar-refractivity contribution in [3.8, 4) is 0 Å². The van der Waals surface area contributed by atoms with Crippen LogP contribution in [0, 0.1) is 0 Å². The van der Waals surface area contributed by atoms with Crippen LogP contribution in [0.1, 0.15) is 5.56 Å². The normalized spacial score (nSPS) is 13.0. The van der Waals surface area contributed by atoms with Crippen LogP contribution in [0.5, 0.6) is 0 Å². The summed E-state index contributed by atoms with van der Waals surface area (Å²) in [5.41, 5.74) is 5.22. The van der Waals surface area contributed by atoms with Crippen molar-refractivity contribution in [2.24, 2.45) is 0 Å². The Balaban J connectivity index is 1.48. The molecule has 1 aliphatic rings. The predicted molar refractivity (Wildman–Crippen MR) is 131 cm³/mol. The van der Waals surface area contributed by atoms with Gasteiger partial charge in [-0.25, -0.2) is 0 Å². The van der Waals surface area contributed by atoms with Gasteiger partial charge >= 0.3 is 0 Å². The van der Waals surface area contributed by atoms with Crippen LogP contribution in [0.15, 0.2) is 109 Å². The predicted octanol–water partition coefficient (Wildman–Crippen LogP) is 5.86. The second-order valence-corrected chi connectivity index (χ2v) is 9.89. The van der Waals surface area contributed by atoms with Crippen LogP contribution in [0.2, 0.25) is 0 Å². The van der Waals surface area contributed by atoms with E-state index in [0.29, 0.717) is 0 Å². The summed E-state index contributed by atoms with van der Waals surface area (Å²) >= 11 is 0. The Morgan fingerprint density at radius 3 is 1.93 bits per heavy atom. The van der Waals surface area contributed by atoms with E-state index in [1.54, 1.807) is 0 Å². The molecule has 0 aromatic heterocycles. The second-order valence-electron chi connectivity index (χ2n) is 7.68. The topological polar surface area (TPSA) is 6.48 Å². The lowest BCUT2D eigenvalue weighted by Crippen LogP contribution is -2.24. The number of nitrogens with zero attached hydrogens (tertiary/aromatic N) is 2. The number of rotatable bonds is 5. The fraction of sp³-hybridized carbons (Fsp3) is 0.111. The van der Waals surface area contributed by atoms with E-state index in [1.807, 2.05) is 0 Å². The lowest BCUT2D eigenvalue weighted by molar-refractivity contribution is 0.949. The molecule has 148 valence electrons. The summed E-state index contributed by atoms with van der Waals surface area (Å²) in [5, 5.41) is 2.85. The molecule has 1 heterocycles. The van der Waals surface area contributed by atoms with Crippen LogP contribution < -0.4 is 20.4 Å². The molecule has 4 aromatic carbocycles. The van der Waals surface area contributed by atoms with Gasteiger partial charge in [0, 0.05) is 18.9 Å². The molecule has 4 aromatic rings. The number of hydrogen-bond donors (Lipinski definition) is 0. The molecule has 30 heavy (non-hydrogen) atoms. The molecule has 0 radical (unpaired) electrons. The van der Waals surface area contributed by atoms with E-state index in [2.05, 4.69) is 126 Å². The summed E-state index contributed by atoms with van der Waals surface area (Å²) in [5.74, 6) is 0. The van der Waals surface area contributed by atoms with Gasteiger partial charge in [0.15, 0.2) is 0 Å². The molecule has 0 N–H and O–H groups in total. The first-order chi connectivity index (χ1) is 14.8. The van der Waals surface area contributed by atoms with Crippen molar-refractivity contribution in [3.05, 3.63) is 115 Å². The van der Waals surface area contributed by atoms with Gasteiger partial charge < -0.3 is 9.80 Å². The summed E-state index contributed by atoms with van der Waals surface area (Å²) in [6, 6.07) is 39.6. The van der Waals surface area contributed by atoms with Crippen molar-refractivity contribution in [3.63, 3.8) is 0 Å². The zero-order valence-corrected chi connectivity index (χ0v) is 18.0. The molecular formula is C27H25N2P. The van der Waals surface area contributed by atoms with E-state index in [1.165, 1.54) is 33.2 Å². The van der Waals surface area contributed by atoms with Crippen molar-refractivity contribution in [2.45, 2.75) is 6.16 Å². The monoisotopic (exact) mass is 408 g/mol. The highest BCUT2D eigenvalue weighted by molar-refractivity contribution is 7.72. The number of fused-ring (bicyclic) bond motifs is 1. The minimum Gasteiger partial charge on any atom is -0.355 e. The maximum atomic E-state index is 2.41. The van der Waals surface area contributed by atoms with Crippen LogP contribution >= 0.6 is 7.92 Å². The van der Waals surface area contributed by atoms with E-state index in [9.17, 15) is 0 Å². The average molecular weight is 408 g/mol. The molecule has 0 unspecified atom stereocenters. The Morgan fingerprint density at radius 2 is 1.27 bits per heavy atom.